The second-order valence-corrected chi connectivity index (χ2v) is 13.7. The number of ether oxygens (including phenoxy) is 3. The fraction of sp³-hybridized carbons (Fsp3) is 0.545. The van der Waals surface area contributed by atoms with Gasteiger partial charge < -0.3 is 45.1 Å². The van der Waals surface area contributed by atoms with Crippen LogP contribution >= 0.6 is 0 Å². The summed E-state index contributed by atoms with van der Waals surface area (Å²) in [6.45, 7) is 5.52. The Labute approximate surface area is 258 Å². The zero-order chi connectivity index (χ0) is 31.8. The number of fused-ring (bicyclic) bond motifs is 8. The maximum atomic E-state index is 13.8. The Hall–Kier alpha value is -3.39. The summed E-state index contributed by atoms with van der Waals surface area (Å²) in [5, 5.41) is 58.3. The molecule has 238 valence electrons. The van der Waals surface area contributed by atoms with E-state index in [-0.39, 0.29) is 46.1 Å². The largest absolute Gasteiger partial charge is 0.507 e. The first-order chi connectivity index (χ1) is 21.3. The molecule has 3 fully saturated rings. The van der Waals surface area contributed by atoms with Crippen molar-refractivity contribution in [2.45, 2.75) is 100 Å². The van der Waals surface area contributed by atoms with Gasteiger partial charge in [0.15, 0.2) is 17.9 Å². The molecule has 0 saturated carbocycles. The molecule has 2 bridgehead atoms. The van der Waals surface area contributed by atoms with Gasteiger partial charge in [0.2, 0.25) is 0 Å². The Kier molecular flexibility index (Phi) is 6.03. The van der Waals surface area contributed by atoms with Crippen molar-refractivity contribution in [2.24, 2.45) is 10.9 Å². The highest BCUT2D eigenvalue weighted by atomic mass is 16.7. The Morgan fingerprint density at radius 3 is 2.60 bits per heavy atom. The van der Waals surface area contributed by atoms with Gasteiger partial charge in [-0.05, 0) is 51.3 Å². The number of hydrogen-bond acceptors (Lipinski definition) is 12. The quantitative estimate of drug-likeness (QED) is 0.251. The number of aliphatic hydroxyl groups excluding tert-OH is 2. The monoisotopic (exact) mass is 620 g/mol. The average Bonchev–Trinajstić information content (AvgIpc) is 3.62. The third kappa shape index (κ3) is 3.72. The molecule has 6 N–H and O–H groups in total. The van der Waals surface area contributed by atoms with Gasteiger partial charge in [0.05, 0.1) is 35.0 Å². The lowest BCUT2D eigenvalue weighted by molar-refractivity contribution is -0.322. The highest BCUT2D eigenvalue weighted by Gasteiger charge is 2.67. The molecule has 0 amide bonds. The van der Waals surface area contributed by atoms with Crippen LogP contribution in [0.3, 0.4) is 0 Å². The van der Waals surface area contributed by atoms with Crippen molar-refractivity contribution in [3.8, 4) is 11.5 Å². The predicted molar refractivity (Wildman–Crippen MR) is 156 cm³/mol. The van der Waals surface area contributed by atoms with E-state index in [0.29, 0.717) is 30.5 Å². The minimum absolute atomic E-state index is 0.0145. The Morgan fingerprint density at radius 2 is 1.89 bits per heavy atom. The molecule has 0 radical (unpaired) electrons. The van der Waals surface area contributed by atoms with Crippen LogP contribution in [0.2, 0.25) is 0 Å². The highest BCUT2D eigenvalue weighted by Crippen LogP contribution is 2.64. The molecule has 2 aromatic rings. The number of nitrogens with zero attached hydrogens (tertiary/aromatic N) is 1. The third-order valence-electron chi connectivity index (χ3n) is 11.1. The topological polar surface area (TPSA) is 187 Å². The second-order valence-electron chi connectivity index (χ2n) is 13.7. The summed E-state index contributed by atoms with van der Waals surface area (Å²) < 4.78 is 19.5. The van der Waals surface area contributed by atoms with E-state index >= 15 is 0 Å². The molecule has 1 spiro atoms. The molecule has 3 saturated heterocycles. The van der Waals surface area contributed by atoms with Crippen LogP contribution in [0, 0.1) is 5.92 Å². The average molecular weight is 621 g/mol. The van der Waals surface area contributed by atoms with Crippen LogP contribution in [0.25, 0.3) is 0 Å². The summed E-state index contributed by atoms with van der Waals surface area (Å²) in [4.78, 5) is 32.3. The van der Waals surface area contributed by atoms with E-state index < -0.39 is 65.1 Å². The van der Waals surface area contributed by atoms with Crippen molar-refractivity contribution in [3.63, 3.8) is 0 Å². The molecule has 4 aliphatic heterocycles. The predicted octanol–water partition coefficient (Wildman–Crippen LogP) is 1.92. The Bertz CT molecular complexity index is 1690. The molecule has 45 heavy (non-hydrogen) atoms. The fourth-order valence-electron chi connectivity index (χ4n) is 8.84. The number of carbonyl (C=O) groups is 2. The first-order valence-electron chi connectivity index (χ1n) is 15.5. The van der Waals surface area contributed by atoms with Crippen molar-refractivity contribution in [1.29, 1.82) is 0 Å². The van der Waals surface area contributed by atoms with E-state index in [9.17, 15) is 35.1 Å². The van der Waals surface area contributed by atoms with Gasteiger partial charge in [-0.1, -0.05) is 12.1 Å². The summed E-state index contributed by atoms with van der Waals surface area (Å²) in [6.07, 6.45) is -3.98. The number of phenols is 2. The number of phenolic OH excluding ortho intramolecular Hbond substituents is 2. The summed E-state index contributed by atoms with van der Waals surface area (Å²) in [7, 11) is 0. The lowest BCUT2D eigenvalue weighted by atomic mass is 9.69. The number of ketones is 2. The molecule has 2 aromatic carbocycles. The first kappa shape index (κ1) is 29.0. The van der Waals surface area contributed by atoms with Crippen molar-refractivity contribution >= 4 is 17.4 Å². The van der Waals surface area contributed by atoms with E-state index in [1.807, 2.05) is 6.92 Å². The SMILES string of the molecule is C[C@H](O)[C@]1(O)[C@H](O)CC(O[C@@H]2c3cc4c(c(O)c3[C@@H]3C[C@@]2(C)O[C@@]32CC3CCN=C3N2)C(=O)c2cccc(O)c2C4=O)O[C@H]1C. The number of carbonyl (C=O) groups excluding carboxylic acids is 2. The van der Waals surface area contributed by atoms with E-state index in [2.05, 4.69) is 10.3 Å². The molecule has 0 aromatic heterocycles. The lowest BCUT2D eigenvalue weighted by Crippen LogP contribution is -2.64. The van der Waals surface area contributed by atoms with Gasteiger partial charge in [-0.2, -0.15) is 0 Å². The Balaban J connectivity index is 1.27. The van der Waals surface area contributed by atoms with Gasteiger partial charge in [-0.3, -0.25) is 14.6 Å². The smallest absolute Gasteiger partial charge is 0.198 e. The van der Waals surface area contributed by atoms with Gasteiger partial charge in [-0.15, -0.1) is 0 Å². The number of aromatic hydroxyl groups is 2. The van der Waals surface area contributed by atoms with Gasteiger partial charge >= 0.3 is 0 Å². The molecule has 2 aliphatic carbocycles. The molecule has 4 heterocycles. The van der Waals surface area contributed by atoms with Crippen LogP contribution in [0.5, 0.6) is 11.5 Å². The number of aliphatic imine (C=N–C) groups is 1. The zero-order valence-corrected chi connectivity index (χ0v) is 25.1. The summed E-state index contributed by atoms with van der Waals surface area (Å²) in [5.41, 5.74) is -3.32. The van der Waals surface area contributed by atoms with Crippen LogP contribution in [-0.4, -0.2) is 91.0 Å². The second kappa shape index (κ2) is 9.34. The van der Waals surface area contributed by atoms with Crippen LogP contribution in [0.1, 0.15) is 101 Å². The van der Waals surface area contributed by atoms with Crippen LogP contribution < -0.4 is 5.32 Å². The molecule has 12 nitrogen and oxygen atoms in total. The van der Waals surface area contributed by atoms with E-state index in [4.69, 9.17) is 14.2 Å². The highest BCUT2D eigenvalue weighted by molar-refractivity contribution is 6.30. The number of nitrogens with one attached hydrogen (secondary N) is 1. The summed E-state index contributed by atoms with van der Waals surface area (Å²) in [6, 6.07) is 5.83. The minimum atomic E-state index is -1.92. The van der Waals surface area contributed by atoms with Crippen LogP contribution in [-0.2, 0) is 14.2 Å². The molecule has 10 atom stereocenters. The third-order valence-corrected chi connectivity index (χ3v) is 11.1. The summed E-state index contributed by atoms with van der Waals surface area (Å²) in [5.74, 6) is -1.25. The van der Waals surface area contributed by atoms with E-state index in [1.165, 1.54) is 32.0 Å². The minimum Gasteiger partial charge on any atom is -0.507 e. The van der Waals surface area contributed by atoms with Crippen LogP contribution in [0.4, 0.5) is 0 Å². The van der Waals surface area contributed by atoms with Crippen molar-refractivity contribution in [1.82, 2.24) is 5.32 Å². The van der Waals surface area contributed by atoms with Crippen molar-refractivity contribution in [2.75, 3.05) is 6.54 Å². The molecule has 12 heteroatoms. The summed E-state index contributed by atoms with van der Waals surface area (Å²) >= 11 is 0. The molecular weight excluding hydrogens is 584 g/mol. The fourth-order valence-corrected chi connectivity index (χ4v) is 8.84. The van der Waals surface area contributed by atoms with Gasteiger partial charge in [0, 0.05) is 47.9 Å². The number of aliphatic hydroxyl groups is 3. The van der Waals surface area contributed by atoms with Crippen LogP contribution in [0.15, 0.2) is 29.3 Å². The van der Waals surface area contributed by atoms with Gasteiger partial charge in [0.25, 0.3) is 0 Å². The molecule has 8 rings (SSSR count). The maximum Gasteiger partial charge on any atom is 0.198 e. The molecule has 2 unspecified atom stereocenters. The lowest BCUT2D eigenvalue weighted by Gasteiger charge is -2.48. The standard InChI is InChI=1S/C33H36N2O10/c1-13(36)33(42)14(2)43-22(10-21(33)38)44-29-18-9-17-25(26(39)16-5-4-6-20(37)24(16)27(17)40)28(41)23(18)19-12-31(29,3)45-32(19)11-15-7-8-34-30(15)35-32/h4-6,9,13-15,19,21-22,29,36-38,41-42H,7-8,10-12H2,1-3H3,(H,34,35)/t13-,14-,15?,19-,21+,22?,29+,31+,32-,33+/m0/s1. The maximum absolute atomic E-state index is 13.8. The zero-order valence-electron chi connectivity index (χ0n) is 25.1. The van der Waals surface area contributed by atoms with Gasteiger partial charge in [0.1, 0.15) is 34.8 Å². The van der Waals surface area contributed by atoms with Crippen molar-refractivity contribution < 1.29 is 49.3 Å². The van der Waals surface area contributed by atoms with E-state index in [0.717, 1.165) is 12.3 Å². The first-order valence-corrected chi connectivity index (χ1v) is 15.5. The van der Waals surface area contributed by atoms with E-state index in [1.54, 1.807) is 6.07 Å². The number of hydrogen-bond donors (Lipinski definition) is 6. The van der Waals surface area contributed by atoms with Crippen molar-refractivity contribution in [3.05, 3.63) is 57.6 Å². The number of amidine groups is 1. The van der Waals surface area contributed by atoms with Gasteiger partial charge in [-0.25, -0.2) is 0 Å². The number of rotatable bonds is 3. The Morgan fingerprint density at radius 1 is 1.13 bits per heavy atom. The number of benzene rings is 2. The molecule has 6 aliphatic rings. The molecular formula is C33H36N2O10. The normalized spacial score (nSPS) is 40.0.